The molecular weight excluding hydrogens is 548 g/mol. The minimum absolute atomic E-state index is 0.872. The smallest absolute Gasteiger partial charge is 0.213 e. The molecule has 3 aromatic heterocycles. The molecule has 3 heterocycles. The van der Waals surface area contributed by atoms with Gasteiger partial charge in [-0.15, -0.1) is 0 Å². The largest absolute Gasteiger partial charge is 0.438 e. The molecule has 10 aromatic rings. The summed E-state index contributed by atoms with van der Waals surface area (Å²) in [5.74, 6) is 0. The Balaban J connectivity index is 1.19. The molecule has 3 nitrogen and oxygen atoms in total. The van der Waals surface area contributed by atoms with Gasteiger partial charge >= 0.3 is 0 Å². The molecular formula is C42H26N2O. The number of aromatic nitrogens is 2. The van der Waals surface area contributed by atoms with Gasteiger partial charge in [0.2, 0.25) is 5.71 Å². The molecule has 0 saturated heterocycles. The number of nitrogens with zero attached hydrogens (tertiary/aromatic N) is 2. The average Bonchev–Trinajstić information content (AvgIpc) is 3.75. The van der Waals surface area contributed by atoms with E-state index in [1.54, 1.807) is 0 Å². The fraction of sp³-hybridized carbons (Fsp3) is 0. The molecule has 10 rings (SSSR count). The summed E-state index contributed by atoms with van der Waals surface area (Å²) < 4.78 is 11.6. The highest BCUT2D eigenvalue weighted by atomic mass is 16.3. The molecule has 0 unspecified atom stereocenters. The van der Waals surface area contributed by atoms with Crippen molar-refractivity contribution in [3.8, 4) is 22.5 Å². The Kier molecular flexibility index (Phi) is 5.00. The SMILES string of the molecule is c1ccc2c(-n3c4ccccc4c4c5cccc(-c6ccc(-n7c8ccccc8c8ccccc87)cc6)c5oc43)cccc2c1. The molecule has 210 valence electrons. The van der Waals surface area contributed by atoms with Crippen molar-refractivity contribution in [1.29, 1.82) is 0 Å². The lowest BCUT2D eigenvalue weighted by Gasteiger charge is -2.11. The van der Waals surface area contributed by atoms with Crippen molar-refractivity contribution in [2.75, 3.05) is 0 Å². The molecule has 0 aliphatic rings. The molecule has 0 spiro atoms. The van der Waals surface area contributed by atoms with Gasteiger partial charge in [-0.25, -0.2) is 0 Å². The molecule has 0 radical (unpaired) electrons. The van der Waals surface area contributed by atoms with Crippen LogP contribution in [0.15, 0.2) is 162 Å². The summed E-state index contributed by atoms with van der Waals surface area (Å²) in [5.41, 5.74) is 9.82. The standard InChI is InChI=1S/C42H26N2O/c1-2-13-30-27(11-1)12-9-22-36(30)44-39-21-8-5-16-34(39)40-35-18-10-17-31(41(35)45-42(40)44)28-23-25-29(26-24-28)43-37-19-6-3-14-32(37)33-15-4-7-20-38(33)43/h1-26H. The van der Waals surface area contributed by atoms with Crippen LogP contribution in [0.5, 0.6) is 0 Å². The van der Waals surface area contributed by atoms with Gasteiger partial charge in [-0.05, 0) is 47.3 Å². The zero-order valence-corrected chi connectivity index (χ0v) is 24.3. The van der Waals surface area contributed by atoms with Crippen LogP contribution >= 0.6 is 0 Å². The van der Waals surface area contributed by atoms with E-state index in [9.17, 15) is 0 Å². The van der Waals surface area contributed by atoms with E-state index in [0.29, 0.717) is 0 Å². The molecule has 0 atom stereocenters. The summed E-state index contributed by atoms with van der Waals surface area (Å²) in [6, 6.07) is 56.3. The van der Waals surface area contributed by atoms with E-state index in [1.165, 1.54) is 38.0 Å². The summed E-state index contributed by atoms with van der Waals surface area (Å²) in [5, 5.41) is 8.41. The van der Waals surface area contributed by atoms with Crippen LogP contribution in [0.1, 0.15) is 0 Å². The van der Waals surface area contributed by atoms with Crippen molar-refractivity contribution in [2.45, 2.75) is 0 Å². The van der Waals surface area contributed by atoms with Crippen LogP contribution in [0.4, 0.5) is 0 Å². The third kappa shape index (κ3) is 3.41. The van der Waals surface area contributed by atoms with Crippen LogP contribution in [0, 0.1) is 0 Å². The lowest BCUT2D eigenvalue weighted by molar-refractivity contribution is 0.647. The van der Waals surface area contributed by atoms with Gasteiger partial charge in [0.05, 0.1) is 27.6 Å². The van der Waals surface area contributed by atoms with Crippen molar-refractivity contribution in [1.82, 2.24) is 9.13 Å². The van der Waals surface area contributed by atoms with E-state index in [2.05, 4.69) is 167 Å². The lowest BCUT2D eigenvalue weighted by Crippen LogP contribution is -1.94. The Bertz CT molecular complexity index is 2700. The van der Waals surface area contributed by atoms with Gasteiger partial charge < -0.3 is 8.98 Å². The minimum Gasteiger partial charge on any atom is -0.438 e. The molecule has 0 saturated carbocycles. The molecule has 0 aliphatic heterocycles. The van der Waals surface area contributed by atoms with Crippen molar-refractivity contribution < 1.29 is 4.42 Å². The first-order valence-corrected chi connectivity index (χ1v) is 15.4. The number of furan rings is 1. The molecule has 0 fully saturated rings. The molecule has 7 aromatic carbocycles. The highest BCUT2D eigenvalue weighted by Gasteiger charge is 2.22. The maximum atomic E-state index is 6.93. The number of rotatable bonds is 3. The maximum absolute atomic E-state index is 6.93. The monoisotopic (exact) mass is 574 g/mol. The lowest BCUT2D eigenvalue weighted by atomic mass is 10.0. The minimum atomic E-state index is 0.872. The van der Waals surface area contributed by atoms with Crippen molar-refractivity contribution in [3.63, 3.8) is 0 Å². The van der Waals surface area contributed by atoms with Gasteiger partial charge in [-0.2, -0.15) is 0 Å². The van der Waals surface area contributed by atoms with Crippen LogP contribution < -0.4 is 0 Å². The van der Waals surface area contributed by atoms with Gasteiger partial charge in [0.25, 0.3) is 0 Å². The summed E-state index contributed by atoms with van der Waals surface area (Å²) in [6.07, 6.45) is 0. The van der Waals surface area contributed by atoms with Crippen LogP contribution in [-0.4, -0.2) is 9.13 Å². The molecule has 0 bridgehead atoms. The van der Waals surface area contributed by atoms with Gasteiger partial charge in [-0.1, -0.05) is 121 Å². The topological polar surface area (TPSA) is 23.0 Å². The quantitative estimate of drug-likeness (QED) is 0.206. The number of fused-ring (bicyclic) bond motifs is 9. The Labute approximate surface area is 258 Å². The fourth-order valence-corrected chi connectivity index (χ4v) is 7.37. The predicted octanol–water partition coefficient (Wildman–Crippen LogP) is 11.4. The second-order valence-electron chi connectivity index (χ2n) is 11.7. The summed E-state index contributed by atoms with van der Waals surface area (Å²) in [7, 11) is 0. The third-order valence-electron chi connectivity index (χ3n) is 9.34. The first kappa shape index (κ1) is 24.4. The molecule has 0 aliphatic carbocycles. The Morgan fingerprint density at radius 1 is 0.400 bits per heavy atom. The van der Waals surface area contributed by atoms with E-state index >= 15 is 0 Å². The first-order chi connectivity index (χ1) is 22.3. The first-order valence-electron chi connectivity index (χ1n) is 15.4. The molecule has 0 amide bonds. The Morgan fingerprint density at radius 3 is 1.69 bits per heavy atom. The van der Waals surface area contributed by atoms with Crippen LogP contribution in [0.2, 0.25) is 0 Å². The zero-order valence-electron chi connectivity index (χ0n) is 24.3. The second-order valence-corrected chi connectivity index (χ2v) is 11.7. The Morgan fingerprint density at radius 2 is 0.956 bits per heavy atom. The second kappa shape index (κ2) is 9.22. The average molecular weight is 575 g/mol. The van der Waals surface area contributed by atoms with E-state index < -0.39 is 0 Å². The third-order valence-corrected chi connectivity index (χ3v) is 9.34. The summed E-state index contributed by atoms with van der Waals surface area (Å²) in [4.78, 5) is 0. The van der Waals surface area contributed by atoms with Gasteiger partial charge in [0.15, 0.2) is 0 Å². The van der Waals surface area contributed by atoms with Crippen LogP contribution in [0.25, 0.3) is 88.1 Å². The Hall–Kier alpha value is -6.06. The van der Waals surface area contributed by atoms with E-state index in [4.69, 9.17) is 4.42 Å². The van der Waals surface area contributed by atoms with Gasteiger partial charge in [0.1, 0.15) is 5.58 Å². The predicted molar refractivity (Wildman–Crippen MR) is 188 cm³/mol. The van der Waals surface area contributed by atoms with Gasteiger partial charge in [0, 0.05) is 38.2 Å². The van der Waals surface area contributed by atoms with Crippen LogP contribution in [0.3, 0.4) is 0 Å². The molecule has 0 N–H and O–H groups in total. The van der Waals surface area contributed by atoms with E-state index in [1.807, 2.05) is 0 Å². The molecule has 3 heteroatoms. The van der Waals surface area contributed by atoms with E-state index in [-0.39, 0.29) is 0 Å². The number of hydrogen-bond acceptors (Lipinski definition) is 1. The maximum Gasteiger partial charge on any atom is 0.213 e. The zero-order chi connectivity index (χ0) is 29.5. The highest BCUT2D eigenvalue weighted by Crippen LogP contribution is 2.43. The van der Waals surface area contributed by atoms with Crippen LogP contribution in [-0.2, 0) is 0 Å². The van der Waals surface area contributed by atoms with Crippen molar-refractivity contribution in [3.05, 3.63) is 158 Å². The van der Waals surface area contributed by atoms with E-state index in [0.717, 1.165) is 50.1 Å². The highest BCUT2D eigenvalue weighted by molar-refractivity contribution is 6.22. The normalized spacial score (nSPS) is 12.0. The molecule has 45 heavy (non-hydrogen) atoms. The summed E-state index contributed by atoms with van der Waals surface area (Å²) in [6.45, 7) is 0. The number of benzene rings is 7. The number of para-hydroxylation sites is 4. The summed E-state index contributed by atoms with van der Waals surface area (Å²) >= 11 is 0. The number of hydrogen-bond donors (Lipinski definition) is 0. The van der Waals surface area contributed by atoms with Crippen molar-refractivity contribution >= 4 is 65.6 Å². The van der Waals surface area contributed by atoms with Gasteiger partial charge in [-0.3, -0.25) is 4.57 Å². The van der Waals surface area contributed by atoms with Crippen molar-refractivity contribution in [2.24, 2.45) is 0 Å². The fourth-order valence-electron chi connectivity index (χ4n) is 7.37.